The molecule has 3 heteroatoms. The van der Waals surface area contributed by atoms with E-state index >= 15 is 0 Å². The number of hydrogen-bond donors (Lipinski definition) is 0. The molecule has 0 atom stereocenters. The number of benzene rings is 1. The molecule has 0 fully saturated rings. The summed E-state index contributed by atoms with van der Waals surface area (Å²) in [5.74, 6) is 2.15. The van der Waals surface area contributed by atoms with Crippen molar-refractivity contribution in [2.24, 2.45) is 0 Å². The van der Waals surface area contributed by atoms with Gasteiger partial charge < -0.3 is 9.47 Å². The molecule has 0 aliphatic carbocycles. The molecule has 0 saturated carbocycles. The van der Waals surface area contributed by atoms with E-state index in [1.165, 1.54) is 0 Å². The van der Waals surface area contributed by atoms with Crippen LogP contribution in [0.4, 0.5) is 0 Å². The average Bonchev–Trinajstić information content (AvgIpc) is 2.16. The Morgan fingerprint density at radius 2 is 1.79 bits per heavy atom. The smallest absolute Gasteiger partial charge is 0.136 e. The molecule has 0 saturated heterocycles. The molecule has 0 aliphatic rings. The van der Waals surface area contributed by atoms with Gasteiger partial charge in [0.25, 0.3) is 0 Å². The van der Waals surface area contributed by atoms with Crippen LogP contribution < -0.4 is 9.47 Å². The third-order valence-corrected chi connectivity index (χ3v) is 2.70. The molecular formula is C11H15BrO2. The zero-order valence-electron chi connectivity index (χ0n) is 8.93. The average molecular weight is 259 g/mol. The minimum absolute atomic E-state index is 0.413. The second-order valence-electron chi connectivity index (χ2n) is 3.39. The first kappa shape index (κ1) is 11.4. The quantitative estimate of drug-likeness (QED) is 0.825. The maximum absolute atomic E-state index is 5.33. The van der Waals surface area contributed by atoms with Crippen molar-refractivity contribution in [3.63, 3.8) is 0 Å². The molecule has 78 valence electrons. The van der Waals surface area contributed by atoms with Gasteiger partial charge in [-0.05, 0) is 34.0 Å². The molecule has 0 amide bonds. The third kappa shape index (κ3) is 2.21. The van der Waals surface area contributed by atoms with Gasteiger partial charge in [-0.25, -0.2) is 0 Å². The van der Waals surface area contributed by atoms with Crippen molar-refractivity contribution in [2.45, 2.75) is 19.8 Å². The van der Waals surface area contributed by atoms with E-state index in [1.807, 2.05) is 12.1 Å². The van der Waals surface area contributed by atoms with Gasteiger partial charge in [0.2, 0.25) is 0 Å². The van der Waals surface area contributed by atoms with Gasteiger partial charge in [-0.15, -0.1) is 0 Å². The monoisotopic (exact) mass is 258 g/mol. The highest BCUT2D eigenvalue weighted by atomic mass is 79.9. The standard InChI is InChI=1S/C11H15BrO2/c1-7(2)9-5-8(13-3)6-10(12)11(9)14-4/h5-7H,1-4H3. The summed E-state index contributed by atoms with van der Waals surface area (Å²) in [6.07, 6.45) is 0. The minimum Gasteiger partial charge on any atom is -0.497 e. The first-order valence-corrected chi connectivity index (χ1v) is 5.30. The molecule has 0 aliphatic heterocycles. The third-order valence-electron chi connectivity index (χ3n) is 2.11. The van der Waals surface area contributed by atoms with Crippen molar-refractivity contribution in [1.82, 2.24) is 0 Å². The second kappa shape index (κ2) is 4.69. The summed E-state index contributed by atoms with van der Waals surface area (Å²) in [6.45, 7) is 4.26. The summed E-state index contributed by atoms with van der Waals surface area (Å²) in [4.78, 5) is 0. The zero-order chi connectivity index (χ0) is 10.7. The first-order valence-electron chi connectivity index (χ1n) is 4.51. The number of hydrogen-bond acceptors (Lipinski definition) is 2. The molecule has 2 nitrogen and oxygen atoms in total. The maximum atomic E-state index is 5.33. The van der Waals surface area contributed by atoms with Gasteiger partial charge in [0.05, 0.1) is 18.7 Å². The lowest BCUT2D eigenvalue weighted by atomic mass is 10.0. The van der Waals surface area contributed by atoms with Gasteiger partial charge in [-0.1, -0.05) is 13.8 Å². The molecule has 1 rings (SSSR count). The van der Waals surface area contributed by atoms with E-state index in [4.69, 9.17) is 9.47 Å². The normalized spacial score (nSPS) is 10.4. The summed E-state index contributed by atoms with van der Waals surface area (Å²) < 4.78 is 11.5. The number of halogens is 1. The Kier molecular flexibility index (Phi) is 3.81. The second-order valence-corrected chi connectivity index (χ2v) is 4.24. The topological polar surface area (TPSA) is 18.5 Å². The molecule has 0 aromatic heterocycles. The molecule has 0 unspecified atom stereocenters. The summed E-state index contributed by atoms with van der Waals surface area (Å²) in [5, 5.41) is 0. The van der Waals surface area contributed by atoms with E-state index in [0.717, 1.165) is 21.5 Å². The summed E-state index contributed by atoms with van der Waals surface area (Å²) in [7, 11) is 3.34. The van der Waals surface area contributed by atoms with Crippen LogP contribution in [0.3, 0.4) is 0 Å². The van der Waals surface area contributed by atoms with E-state index in [1.54, 1.807) is 14.2 Å². The summed E-state index contributed by atoms with van der Waals surface area (Å²) in [5.41, 5.74) is 1.15. The molecule has 0 spiro atoms. The highest BCUT2D eigenvalue weighted by molar-refractivity contribution is 9.10. The lowest BCUT2D eigenvalue weighted by Crippen LogP contribution is -1.96. The lowest BCUT2D eigenvalue weighted by Gasteiger charge is -2.14. The fraction of sp³-hybridized carbons (Fsp3) is 0.455. The van der Waals surface area contributed by atoms with Crippen LogP contribution in [0.1, 0.15) is 25.3 Å². The summed E-state index contributed by atoms with van der Waals surface area (Å²) in [6, 6.07) is 3.92. The van der Waals surface area contributed by atoms with Crippen LogP contribution in [0.15, 0.2) is 16.6 Å². The van der Waals surface area contributed by atoms with Crippen molar-refractivity contribution in [3.05, 3.63) is 22.2 Å². The van der Waals surface area contributed by atoms with Crippen molar-refractivity contribution >= 4 is 15.9 Å². The predicted octanol–water partition coefficient (Wildman–Crippen LogP) is 3.59. The fourth-order valence-corrected chi connectivity index (χ4v) is 1.97. The summed E-state index contributed by atoms with van der Waals surface area (Å²) >= 11 is 3.46. The maximum Gasteiger partial charge on any atom is 0.136 e. The van der Waals surface area contributed by atoms with Crippen LogP contribution in [0.25, 0.3) is 0 Å². The van der Waals surface area contributed by atoms with E-state index in [9.17, 15) is 0 Å². The molecule has 1 aromatic carbocycles. The van der Waals surface area contributed by atoms with Crippen LogP contribution in [0.2, 0.25) is 0 Å². The van der Waals surface area contributed by atoms with Crippen molar-refractivity contribution in [2.75, 3.05) is 14.2 Å². The molecule has 0 N–H and O–H groups in total. The highest BCUT2D eigenvalue weighted by Gasteiger charge is 2.12. The number of methoxy groups -OCH3 is 2. The number of ether oxygens (including phenoxy) is 2. The fourth-order valence-electron chi connectivity index (χ4n) is 1.35. The Morgan fingerprint density at radius 1 is 1.14 bits per heavy atom. The minimum atomic E-state index is 0.413. The molecule has 0 heterocycles. The van der Waals surface area contributed by atoms with Gasteiger partial charge in [-0.3, -0.25) is 0 Å². The number of rotatable bonds is 3. The molecular weight excluding hydrogens is 244 g/mol. The van der Waals surface area contributed by atoms with E-state index in [2.05, 4.69) is 29.8 Å². The van der Waals surface area contributed by atoms with Gasteiger partial charge in [0.1, 0.15) is 11.5 Å². The van der Waals surface area contributed by atoms with E-state index < -0.39 is 0 Å². The van der Waals surface area contributed by atoms with Crippen molar-refractivity contribution in [1.29, 1.82) is 0 Å². The SMILES string of the molecule is COc1cc(Br)c(OC)c(C(C)C)c1. The highest BCUT2D eigenvalue weighted by Crippen LogP contribution is 2.37. The zero-order valence-corrected chi connectivity index (χ0v) is 10.5. The van der Waals surface area contributed by atoms with Gasteiger partial charge >= 0.3 is 0 Å². The molecule has 1 aromatic rings. The molecule has 0 bridgehead atoms. The van der Waals surface area contributed by atoms with Crippen LogP contribution in [0.5, 0.6) is 11.5 Å². The van der Waals surface area contributed by atoms with Crippen molar-refractivity contribution < 1.29 is 9.47 Å². The van der Waals surface area contributed by atoms with E-state index in [0.29, 0.717) is 5.92 Å². The first-order chi connectivity index (χ1) is 6.60. The van der Waals surface area contributed by atoms with Crippen molar-refractivity contribution in [3.8, 4) is 11.5 Å². The largest absolute Gasteiger partial charge is 0.497 e. The van der Waals surface area contributed by atoms with Crippen LogP contribution >= 0.6 is 15.9 Å². The lowest BCUT2D eigenvalue weighted by molar-refractivity contribution is 0.394. The van der Waals surface area contributed by atoms with Crippen LogP contribution in [-0.4, -0.2) is 14.2 Å². The Morgan fingerprint density at radius 3 is 2.21 bits per heavy atom. The van der Waals surface area contributed by atoms with Crippen LogP contribution in [0, 0.1) is 0 Å². The van der Waals surface area contributed by atoms with Gasteiger partial charge in [-0.2, -0.15) is 0 Å². The predicted molar refractivity (Wildman–Crippen MR) is 61.3 cm³/mol. The molecule has 14 heavy (non-hydrogen) atoms. The van der Waals surface area contributed by atoms with Gasteiger partial charge in [0, 0.05) is 5.56 Å². The Hall–Kier alpha value is -0.700. The Balaban J connectivity index is 3.28. The van der Waals surface area contributed by atoms with Gasteiger partial charge in [0.15, 0.2) is 0 Å². The molecule has 0 radical (unpaired) electrons. The van der Waals surface area contributed by atoms with Crippen LogP contribution in [-0.2, 0) is 0 Å². The Bertz CT molecular complexity index is 321. The Labute approximate surface area is 93.4 Å². The van der Waals surface area contributed by atoms with E-state index in [-0.39, 0.29) is 0 Å².